The smallest absolute Gasteiger partial charge is 0.158 e. The molecule has 1 aliphatic rings. The third-order valence-electron chi connectivity index (χ3n) is 3.70. The highest BCUT2D eigenvalue weighted by Crippen LogP contribution is 2.45. The van der Waals surface area contributed by atoms with Crippen molar-refractivity contribution in [3.05, 3.63) is 47.2 Å². The minimum Gasteiger partial charge on any atom is -0.367 e. The second kappa shape index (κ2) is 4.60. The van der Waals surface area contributed by atoms with Crippen molar-refractivity contribution >= 4 is 21.7 Å². The van der Waals surface area contributed by atoms with E-state index in [1.165, 1.54) is 11.1 Å². The summed E-state index contributed by atoms with van der Waals surface area (Å²) >= 11 is 3.57. The SMILES string of the molecule is Cc1ccc(-c2ccnc3c2C(Br)(C#N)CN3)c(C)c1. The van der Waals surface area contributed by atoms with Crippen LogP contribution in [0, 0.1) is 25.2 Å². The van der Waals surface area contributed by atoms with Gasteiger partial charge in [0.15, 0.2) is 4.32 Å². The molecule has 0 saturated heterocycles. The van der Waals surface area contributed by atoms with Gasteiger partial charge in [-0.1, -0.05) is 39.7 Å². The van der Waals surface area contributed by atoms with Gasteiger partial charge in [0, 0.05) is 18.3 Å². The van der Waals surface area contributed by atoms with Gasteiger partial charge in [0.05, 0.1) is 6.07 Å². The first-order chi connectivity index (χ1) is 9.55. The van der Waals surface area contributed by atoms with Crippen molar-refractivity contribution in [3.63, 3.8) is 0 Å². The fraction of sp³-hybridized carbons (Fsp3) is 0.250. The lowest BCUT2D eigenvalue weighted by atomic mass is 9.91. The maximum atomic E-state index is 9.49. The summed E-state index contributed by atoms with van der Waals surface area (Å²) in [5.41, 5.74) is 5.60. The number of hydrogen-bond acceptors (Lipinski definition) is 3. The molecule has 1 aromatic heterocycles. The zero-order valence-electron chi connectivity index (χ0n) is 11.4. The Hall–Kier alpha value is -1.86. The van der Waals surface area contributed by atoms with Crippen molar-refractivity contribution in [2.24, 2.45) is 0 Å². The number of aryl methyl sites for hydroxylation is 2. The molecule has 3 rings (SSSR count). The molecule has 1 atom stereocenters. The van der Waals surface area contributed by atoms with Gasteiger partial charge >= 0.3 is 0 Å². The molecule has 0 spiro atoms. The number of pyridine rings is 1. The Morgan fingerprint density at radius 2 is 2.10 bits per heavy atom. The molecule has 4 heteroatoms. The molecule has 0 radical (unpaired) electrons. The zero-order valence-corrected chi connectivity index (χ0v) is 13.0. The zero-order chi connectivity index (χ0) is 14.3. The van der Waals surface area contributed by atoms with Crippen molar-refractivity contribution in [2.45, 2.75) is 18.2 Å². The lowest BCUT2D eigenvalue weighted by molar-refractivity contribution is 0.904. The van der Waals surface area contributed by atoms with E-state index in [9.17, 15) is 5.26 Å². The fourth-order valence-electron chi connectivity index (χ4n) is 2.73. The van der Waals surface area contributed by atoms with Gasteiger partial charge < -0.3 is 5.32 Å². The number of rotatable bonds is 1. The van der Waals surface area contributed by atoms with Crippen LogP contribution in [0.2, 0.25) is 0 Å². The Labute approximate surface area is 126 Å². The Morgan fingerprint density at radius 3 is 2.80 bits per heavy atom. The summed E-state index contributed by atoms with van der Waals surface area (Å²) in [6, 6.07) is 10.7. The van der Waals surface area contributed by atoms with Crippen molar-refractivity contribution in [3.8, 4) is 17.2 Å². The Bertz CT molecular complexity index is 733. The molecule has 2 heterocycles. The van der Waals surface area contributed by atoms with Crippen LogP contribution in [0.5, 0.6) is 0 Å². The van der Waals surface area contributed by atoms with Crippen molar-refractivity contribution < 1.29 is 0 Å². The number of nitrogens with one attached hydrogen (secondary N) is 1. The first kappa shape index (κ1) is 13.1. The van der Waals surface area contributed by atoms with E-state index in [-0.39, 0.29) is 0 Å². The Kier molecular flexibility index (Phi) is 3.02. The maximum Gasteiger partial charge on any atom is 0.158 e. The van der Waals surface area contributed by atoms with Crippen molar-refractivity contribution in [2.75, 3.05) is 11.9 Å². The van der Waals surface area contributed by atoms with Gasteiger partial charge in [0.25, 0.3) is 0 Å². The summed E-state index contributed by atoms with van der Waals surface area (Å²) in [4.78, 5) is 4.34. The predicted molar refractivity (Wildman–Crippen MR) is 83.9 cm³/mol. The maximum absolute atomic E-state index is 9.49. The van der Waals surface area contributed by atoms with Crippen LogP contribution in [0.3, 0.4) is 0 Å². The van der Waals surface area contributed by atoms with E-state index in [0.717, 1.165) is 22.5 Å². The summed E-state index contributed by atoms with van der Waals surface area (Å²) in [5.74, 6) is 0.792. The van der Waals surface area contributed by atoms with Crippen molar-refractivity contribution in [1.82, 2.24) is 4.98 Å². The molecule has 1 aliphatic heterocycles. The van der Waals surface area contributed by atoms with Crippen LogP contribution in [0.4, 0.5) is 5.82 Å². The summed E-state index contributed by atoms with van der Waals surface area (Å²) in [6.45, 7) is 4.72. The highest BCUT2D eigenvalue weighted by atomic mass is 79.9. The molecule has 0 aliphatic carbocycles. The lowest BCUT2D eigenvalue weighted by Gasteiger charge is -2.17. The highest BCUT2D eigenvalue weighted by Gasteiger charge is 2.40. The number of fused-ring (bicyclic) bond motifs is 1. The third kappa shape index (κ3) is 1.90. The number of nitriles is 1. The minimum atomic E-state index is -0.705. The number of aromatic nitrogens is 1. The molecule has 0 bridgehead atoms. The number of halogens is 1. The van der Waals surface area contributed by atoms with E-state index in [1.54, 1.807) is 6.20 Å². The topological polar surface area (TPSA) is 48.7 Å². The van der Waals surface area contributed by atoms with E-state index >= 15 is 0 Å². The van der Waals surface area contributed by atoms with Crippen LogP contribution < -0.4 is 5.32 Å². The van der Waals surface area contributed by atoms with E-state index in [1.807, 2.05) is 6.07 Å². The van der Waals surface area contributed by atoms with Gasteiger partial charge in [-0.25, -0.2) is 4.98 Å². The normalized spacial score (nSPS) is 20.1. The second-order valence-electron chi connectivity index (χ2n) is 5.17. The molecule has 3 nitrogen and oxygen atoms in total. The van der Waals surface area contributed by atoms with Crippen LogP contribution in [0.15, 0.2) is 30.5 Å². The molecule has 1 unspecified atom stereocenters. The number of anilines is 1. The van der Waals surface area contributed by atoms with Gasteiger partial charge in [-0.05, 0) is 36.6 Å². The van der Waals surface area contributed by atoms with Gasteiger partial charge in [0.1, 0.15) is 5.82 Å². The number of nitrogens with zero attached hydrogens (tertiary/aromatic N) is 2. The summed E-state index contributed by atoms with van der Waals surface area (Å²) < 4.78 is -0.705. The molecule has 0 fully saturated rings. The van der Waals surface area contributed by atoms with E-state index < -0.39 is 4.32 Å². The first-order valence-corrected chi connectivity index (χ1v) is 7.25. The molecular weight excluding hydrogens is 314 g/mol. The monoisotopic (exact) mass is 327 g/mol. The highest BCUT2D eigenvalue weighted by molar-refractivity contribution is 9.09. The molecule has 0 amide bonds. The van der Waals surface area contributed by atoms with Crippen LogP contribution >= 0.6 is 15.9 Å². The number of benzene rings is 1. The lowest BCUT2D eigenvalue weighted by Crippen LogP contribution is -2.18. The van der Waals surface area contributed by atoms with Crippen LogP contribution in [-0.2, 0) is 4.32 Å². The quantitative estimate of drug-likeness (QED) is 0.808. The van der Waals surface area contributed by atoms with Crippen LogP contribution in [0.25, 0.3) is 11.1 Å². The van der Waals surface area contributed by atoms with Gasteiger partial charge in [-0.3, -0.25) is 0 Å². The van der Waals surface area contributed by atoms with Gasteiger partial charge in [0.2, 0.25) is 0 Å². The predicted octanol–water partition coefficient (Wildman–Crippen LogP) is 3.90. The van der Waals surface area contributed by atoms with E-state index in [4.69, 9.17) is 0 Å². The fourth-order valence-corrected chi connectivity index (χ4v) is 3.27. The summed E-state index contributed by atoms with van der Waals surface area (Å²) in [5, 5.41) is 12.7. The average Bonchev–Trinajstić information content (AvgIpc) is 2.78. The molecule has 100 valence electrons. The van der Waals surface area contributed by atoms with Crippen LogP contribution in [-0.4, -0.2) is 11.5 Å². The third-order valence-corrected chi connectivity index (χ3v) is 4.55. The Morgan fingerprint density at radius 1 is 1.30 bits per heavy atom. The van der Waals surface area contributed by atoms with Gasteiger partial charge in [-0.2, -0.15) is 5.26 Å². The second-order valence-corrected chi connectivity index (χ2v) is 6.52. The van der Waals surface area contributed by atoms with E-state index in [2.05, 4.69) is 64.3 Å². The van der Waals surface area contributed by atoms with Crippen molar-refractivity contribution in [1.29, 1.82) is 5.26 Å². The molecular formula is C16H14BrN3. The van der Waals surface area contributed by atoms with Gasteiger partial charge in [-0.15, -0.1) is 0 Å². The number of hydrogen-bond donors (Lipinski definition) is 1. The summed E-state index contributed by atoms with van der Waals surface area (Å²) in [6.07, 6.45) is 1.79. The van der Waals surface area contributed by atoms with Crippen LogP contribution in [0.1, 0.15) is 16.7 Å². The summed E-state index contributed by atoms with van der Waals surface area (Å²) in [7, 11) is 0. The molecule has 0 saturated carbocycles. The number of alkyl halides is 1. The largest absolute Gasteiger partial charge is 0.367 e. The van der Waals surface area contributed by atoms with E-state index in [0.29, 0.717) is 6.54 Å². The molecule has 2 aromatic rings. The molecule has 1 aromatic carbocycles. The Balaban J connectivity index is 2.27. The minimum absolute atomic E-state index is 0.535. The molecule has 20 heavy (non-hydrogen) atoms. The average molecular weight is 328 g/mol. The molecule has 1 N–H and O–H groups in total. The standard InChI is InChI=1S/C16H14BrN3/c1-10-3-4-12(11(2)7-10)13-5-6-19-15-14(13)16(17,8-18)9-20-15/h3-7H,9H2,1-2H3,(H,19,20). The first-order valence-electron chi connectivity index (χ1n) is 6.46.